The summed E-state index contributed by atoms with van der Waals surface area (Å²) in [7, 11) is 0. The van der Waals surface area contributed by atoms with Gasteiger partial charge in [0.15, 0.2) is 6.61 Å². The first-order valence-corrected chi connectivity index (χ1v) is 9.62. The number of unbranched alkanes of at least 4 members (excludes halogenated alkanes) is 1. The van der Waals surface area contributed by atoms with E-state index in [0.29, 0.717) is 33.2 Å². The number of carbonyl (C=O) groups is 1. The highest BCUT2D eigenvalue weighted by atomic mass is 35.5. The molecule has 0 fully saturated rings. The van der Waals surface area contributed by atoms with Crippen molar-refractivity contribution in [2.45, 2.75) is 26.2 Å². The Labute approximate surface area is 172 Å². The van der Waals surface area contributed by atoms with Gasteiger partial charge in [0.25, 0.3) is 5.91 Å². The second-order valence-electron chi connectivity index (χ2n) is 6.08. The van der Waals surface area contributed by atoms with Crippen LogP contribution in [0.15, 0.2) is 47.0 Å². The topological polar surface area (TPSA) is 77.2 Å². The van der Waals surface area contributed by atoms with E-state index in [1.165, 1.54) is 0 Å². The fourth-order valence-corrected chi connectivity index (χ4v) is 2.79. The monoisotopic (exact) mass is 419 g/mol. The minimum Gasteiger partial charge on any atom is -0.484 e. The predicted octanol–water partition coefficient (Wildman–Crippen LogP) is 5.40. The zero-order chi connectivity index (χ0) is 19.9. The van der Waals surface area contributed by atoms with E-state index in [4.69, 9.17) is 32.5 Å². The fourth-order valence-electron chi connectivity index (χ4n) is 2.44. The molecule has 8 heteroatoms. The summed E-state index contributed by atoms with van der Waals surface area (Å²) in [5, 5.41) is 7.32. The van der Waals surface area contributed by atoms with Crippen molar-refractivity contribution in [1.82, 2.24) is 10.1 Å². The molecule has 6 nitrogen and oxygen atoms in total. The Hall–Kier alpha value is -2.57. The predicted molar refractivity (Wildman–Crippen MR) is 109 cm³/mol. The van der Waals surface area contributed by atoms with E-state index in [-0.39, 0.29) is 12.5 Å². The maximum atomic E-state index is 12.1. The first kappa shape index (κ1) is 20.2. The molecule has 1 heterocycles. The Morgan fingerprint density at radius 3 is 2.71 bits per heavy atom. The van der Waals surface area contributed by atoms with Crippen LogP contribution in [0.25, 0.3) is 11.4 Å². The van der Waals surface area contributed by atoms with E-state index < -0.39 is 0 Å². The van der Waals surface area contributed by atoms with Crippen LogP contribution in [0, 0.1) is 0 Å². The summed E-state index contributed by atoms with van der Waals surface area (Å²) in [6.45, 7) is 1.95. The molecule has 0 saturated carbocycles. The molecule has 2 aromatic carbocycles. The molecule has 0 aliphatic rings. The number of ether oxygens (including phenoxy) is 1. The highest BCUT2D eigenvalue weighted by Crippen LogP contribution is 2.29. The summed E-state index contributed by atoms with van der Waals surface area (Å²) in [6.07, 6.45) is 2.86. The Morgan fingerprint density at radius 1 is 1.18 bits per heavy atom. The third-order valence-corrected chi connectivity index (χ3v) is 4.74. The number of nitrogens with one attached hydrogen (secondary N) is 1. The molecule has 0 aliphatic carbocycles. The van der Waals surface area contributed by atoms with E-state index >= 15 is 0 Å². The van der Waals surface area contributed by atoms with Gasteiger partial charge in [0.05, 0.1) is 15.7 Å². The van der Waals surface area contributed by atoms with Gasteiger partial charge in [-0.1, -0.05) is 47.8 Å². The summed E-state index contributed by atoms with van der Waals surface area (Å²) in [6, 6.07) is 12.1. The average Bonchev–Trinajstić information content (AvgIpc) is 3.18. The van der Waals surface area contributed by atoms with Crippen LogP contribution in [0.4, 0.5) is 5.69 Å². The smallest absolute Gasteiger partial charge is 0.262 e. The fraction of sp³-hybridized carbons (Fsp3) is 0.250. The summed E-state index contributed by atoms with van der Waals surface area (Å²) in [4.78, 5) is 16.4. The van der Waals surface area contributed by atoms with Gasteiger partial charge in [-0.15, -0.1) is 0 Å². The van der Waals surface area contributed by atoms with Crippen LogP contribution in [0.3, 0.4) is 0 Å². The highest BCUT2D eigenvalue weighted by molar-refractivity contribution is 6.43. The van der Waals surface area contributed by atoms with Crippen molar-refractivity contribution in [2.75, 3.05) is 11.9 Å². The van der Waals surface area contributed by atoms with Crippen molar-refractivity contribution in [2.24, 2.45) is 0 Å². The molecule has 0 radical (unpaired) electrons. The molecule has 146 valence electrons. The van der Waals surface area contributed by atoms with E-state index in [1.54, 1.807) is 30.3 Å². The average molecular weight is 420 g/mol. The number of amides is 1. The zero-order valence-corrected chi connectivity index (χ0v) is 16.8. The number of nitrogens with zero attached hydrogens (tertiary/aromatic N) is 2. The van der Waals surface area contributed by atoms with E-state index in [2.05, 4.69) is 22.4 Å². The second-order valence-corrected chi connectivity index (χ2v) is 6.86. The van der Waals surface area contributed by atoms with Crippen molar-refractivity contribution < 1.29 is 14.1 Å². The molecular formula is C20H19Cl2N3O3. The number of anilines is 1. The molecule has 1 aromatic heterocycles. The second kappa shape index (κ2) is 9.57. The normalized spacial score (nSPS) is 10.7. The molecule has 0 spiro atoms. The molecule has 1 N–H and O–H groups in total. The lowest BCUT2D eigenvalue weighted by atomic mass is 10.2. The van der Waals surface area contributed by atoms with E-state index in [1.807, 2.05) is 12.1 Å². The van der Waals surface area contributed by atoms with Crippen LogP contribution in [0.2, 0.25) is 10.0 Å². The van der Waals surface area contributed by atoms with Gasteiger partial charge in [-0.3, -0.25) is 4.79 Å². The molecule has 0 unspecified atom stereocenters. The molecule has 28 heavy (non-hydrogen) atoms. The number of benzene rings is 2. The van der Waals surface area contributed by atoms with Crippen molar-refractivity contribution in [1.29, 1.82) is 0 Å². The van der Waals surface area contributed by atoms with Gasteiger partial charge in [-0.25, -0.2) is 0 Å². The number of aryl methyl sites for hydroxylation is 1. The number of aromatic nitrogens is 2. The third-order valence-electron chi connectivity index (χ3n) is 3.92. The SMILES string of the molecule is CCCCc1nc(-c2ccc(OCC(=O)Nc3cccc(Cl)c3Cl)cc2)no1. The maximum Gasteiger partial charge on any atom is 0.262 e. The van der Waals surface area contributed by atoms with Gasteiger partial charge in [-0.05, 0) is 42.8 Å². The minimum absolute atomic E-state index is 0.161. The first-order chi connectivity index (χ1) is 13.6. The number of halogens is 2. The summed E-state index contributed by atoms with van der Waals surface area (Å²) < 4.78 is 10.7. The van der Waals surface area contributed by atoms with Crippen LogP contribution < -0.4 is 10.1 Å². The summed E-state index contributed by atoms with van der Waals surface area (Å²) >= 11 is 12.0. The maximum absolute atomic E-state index is 12.1. The van der Waals surface area contributed by atoms with Crippen LogP contribution in [-0.4, -0.2) is 22.7 Å². The van der Waals surface area contributed by atoms with Gasteiger partial charge >= 0.3 is 0 Å². The molecular weight excluding hydrogens is 401 g/mol. The molecule has 1 amide bonds. The van der Waals surface area contributed by atoms with Gasteiger partial charge in [0.1, 0.15) is 5.75 Å². The zero-order valence-electron chi connectivity index (χ0n) is 15.2. The van der Waals surface area contributed by atoms with Crippen molar-refractivity contribution in [3.63, 3.8) is 0 Å². The standard InChI is InChI=1S/C20H19Cl2N3O3/c1-2-3-7-18-24-20(25-28-18)13-8-10-14(11-9-13)27-12-17(26)23-16-6-4-5-15(21)19(16)22/h4-6,8-11H,2-3,7,12H2,1H3,(H,23,26). The highest BCUT2D eigenvalue weighted by Gasteiger charge is 2.11. The van der Waals surface area contributed by atoms with Crippen LogP contribution in [-0.2, 0) is 11.2 Å². The lowest BCUT2D eigenvalue weighted by molar-refractivity contribution is -0.118. The first-order valence-electron chi connectivity index (χ1n) is 8.86. The number of hydrogen-bond donors (Lipinski definition) is 1. The Kier molecular flexibility index (Phi) is 6.90. The number of rotatable bonds is 8. The van der Waals surface area contributed by atoms with Crippen LogP contribution in [0.5, 0.6) is 5.75 Å². The summed E-state index contributed by atoms with van der Waals surface area (Å²) in [5.74, 6) is 1.37. The summed E-state index contributed by atoms with van der Waals surface area (Å²) in [5.41, 5.74) is 1.25. The van der Waals surface area contributed by atoms with Gasteiger partial charge in [0, 0.05) is 12.0 Å². The molecule has 3 aromatic rings. The Balaban J connectivity index is 1.55. The van der Waals surface area contributed by atoms with Crippen molar-refractivity contribution >= 4 is 34.8 Å². The molecule has 0 atom stereocenters. The van der Waals surface area contributed by atoms with Gasteiger partial charge < -0.3 is 14.6 Å². The number of carbonyl (C=O) groups excluding carboxylic acids is 1. The van der Waals surface area contributed by atoms with Crippen LogP contribution in [0.1, 0.15) is 25.7 Å². The van der Waals surface area contributed by atoms with Crippen molar-refractivity contribution in [3.05, 3.63) is 58.4 Å². The quantitative estimate of drug-likeness (QED) is 0.528. The molecule has 0 aliphatic heterocycles. The van der Waals surface area contributed by atoms with Crippen molar-refractivity contribution in [3.8, 4) is 17.1 Å². The molecule has 0 bridgehead atoms. The third kappa shape index (κ3) is 5.24. The molecule has 3 rings (SSSR count). The Bertz CT molecular complexity index is 942. The minimum atomic E-state index is -0.341. The number of hydrogen-bond acceptors (Lipinski definition) is 5. The van der Waals surface area contributed by atoms with Crippen LogP contribution >= 0.6 is 23.2 Å². The largest absolute Gasteiger partial charge is 0.484 e. The van der Waals surface area contributed by atoms with Gasteiger partial charge in [-0.2, -0.15) is 4.98 Å². The lowest BCUT2D eigenvalue weighted by Crippen LogP contribution is -2.20. The molecule has 0 saturated heterocycles. The lowest BCUT2D eigenvalue weighted by Gasteiger charge is -2.09. The Morgan fingerprint density at radius 2 is 1.96 bits per heavy atom. The van der Waals surface area contributed by atoms with E-state index in [0.717, 1.165) is 24.8 Å². The van der Waals surface area contributed by atoms with E-state index in [9.17, 15) is 4.79 Å². The van der Waals surface area contributed by atoms with Gasteiger partial charge in [0.2, 0.25) is 11.7 Å².